The van der Waals surface area contributed by atoms with Crippen molar-refractivity contribution in [2.24, 2.45) is 0 Å². The normalized spacial score (nSPS) is 20.4. The lowest BCUT2D eigenvalue weighted by molar-refractivity contribution is -0.129. The van der Waals surface area contributed by atoms with E-state index in [0.29, 0.717) is 12.3 Å². The van der Waals surface area contributed by atoms with Crippen molar-refractivity contribution < 1.29 is 19.1 Å². The molecule has 1 unspecified atom stereocenters. The van der Waals surface area contributed by atoms with E-state index >= 15 is 0 Å². The van der Waals surface area contributed by atoms with E-state index in [1.54, 1.807) is 24.0 Å². The van der Waals surface area contributed by atoms with Crippen molar-refractivity contribution >= 4 is 11.7 Å². The van der Waals surface area contributed by atoms with Gasteiger partial charge in [-0.2, -0.15) is 0 Å². The van der Waals surface area contributed by atoms with Gasteiger partial charge in [0.1, 0.15) is 5.76 Å². The van der Waals surface area contributed by atoms with Gasteiger partial charge in [-0.3, -0.25) is 9.59 Å². The Balaban J connectivity index is 1.68. The van der Waals surface area contributed by atoms with Crippen molar-refractivity contribution in [3.8, 4) is 0 Å². The van der Waals surface area contributed by atoms with Gasteiger partial charge in [-0.15, -0.1) is 0 Å². The highest BCUT2D eigenvalue weighted by molar-refractivity contribution is 6.15. The molecular formula is C22H24N2O4. The molecule has 1 aromatic carbocycles. The van der Waals surface area contributed by atoms with Crippen molar-refractivity contribution in [3.05, 3.63) is 70.9 Å². The van der Waals surface area contributed by atoms with Crippen LogP contribution in [0.25, 0.3) is 0 Å². The third-order valence-corrected chi connectivity index (χ3v) is 5.48. The van der Waals surface area contributed by atoms with Crippen molar-refractivity contribution in [2.45, 2.75) is 25.8 Å². The first-order valence-electron chi connectivity index (χ1n) is 9.69. The molecule has 1 N–H and O–H groups in total. The molecule has 1 aromatic heterocycles. The molecule has 28 heavy (non-hydrogen) atoms. The van der Waals surface area contributed by atoms with Crippen LogP contribution in [0.1, 0.15) is 40.8 Å². The Kier molecular flexibility index (Phi) is 5.05. The highest BCUT2D eigenvalue weighted by atomic mass is 16.3. The van der Waals surface area contributed by atoms with E-state index in [-0.39, 0.29) is 11.3 Å². The number of furan rings is 1. The summed E-state index contributed by atoms with van der Waals surface area (Å²) in [6.45, 7) is 4.98. The zero-order valence-corrected chi connectivity index (χ0v) is 15.9. The Morgan fingerprint density at radius 2 is 1.82 bits per heavy atom. The second-order valence-electron chi connectivity index (χ2n) is 7.36. The summed E-state index contributed by atoms with van der Waals surface area (Å²) >= 11 is 0. The number of aliphatic hydroxyl groups excluding tert-OH is 1. The van der Waals surface area contributed by atoms with Gasteiger partial charge in [0, 0.05) is 13.1 Å². The van der Waals surface area contributed by atoms with Crippen LogP contribution in [0, 0.1) is 6.92 Å². The van der Waals surface area contributed by atoms with E-state index in [4.69, 9.17) is 4.42 Å². The van der Waals surface area contributed by atoms with E-state index in [0.717, 1.165) is 25.2 Å². The molecule has 1 fully saturated rings. The number of hydrogen-bond acceptors (Lipinski definition) is 5. The molecule has 6 heteroatoms. The van der Waals surface area contributed by atoms with Crippen LogP contribution in [0.3, 0.4) is 0 Å². The van der Waals surface area contributed by atoms with Crippen LogP contribution >= 0.6 is 0 Å². The first-order valence-corrected chi connectivity index (χ1v) is 9.69. The lowest BCUT2D eigenvalue weighted by atomic mass is 9.95. The summed E-state index contributed by atoms with van der Waals surface area (Å²) in [7, 11) is 0. The molecule has 2 aromatic rings. The SMILES string of the molecule is Cc1ccc(C(=O)C2=C(O)C(=O)N(CCN3CCCC3)C2c2ccccc2)o1. The molecule has 0 radical (unpaired) electrons. The maximum absolute atomic E-state index is 13.1. The molecule has 1 saturated heterocycles. The Bertz CT molecular complexity index is 910. The monoisotopic (exact) mass is 380 g/mol. The van der Waals surface area contributed by atoms with Crippen LogP contribution < -0.4 is 0 Å². The fourth-order valence-electron chi connectivity index (χ4n) is 4.04. The lowest BCUT2D eigenvalue weighted by Gasteiger charge is -2.28. The lowest BCUT2D eigenvalue weighted by Crippen LogP contribution is -2.37. The summed E-state index contributed by atoms with van der Waals surface area (Å²) in [6.07, 6.45) is 2.34. The number of carbonyl (C=O) groups is 2. The summed E-state index contributed by atoms with van der Waals surface area (Å²) in [5, 5.41) is 10.6. The number of carbonyl (C=O) groups excluding carboxylic acids is 2. The van der Waals surface area contributed by atoms with Gasteiger partial charge in [-0.1, -0.05) is 30.3 Å². The van der Waals surface area contributed by atoms with Gasteiger partial charge in [-0.25, -0.2) is 0 Å². The molecule has 2 aliphatic rings. The molecule has 1 amide bonds. The quantitative estimate of drug-likeness (QED) is 0.779. The molecule has 0 aliphatic carbocycles. The summed E-state index contributed by atoms with van der Waals surface area (Å²) in [6, 6.07) is 12.0. The molecule has 0 bridgehead atoms. The number of aryl methyl sites for hydroxylation is 1. The number of nitrogens with zero attached hydrogens (tertiary/aromatic N) is 2. The maximum atomic E-state index is 13.1. The highest BCUT2D eigenvalue weighted by Gasteiger charge is 2.44. The average molecular weight is 380 g/mol. The Hall–Kier alpha value is -2.86. The molecular weight excluding hydrogens is 356 g/mol. The van der Waals surface area contributed by atoms with Crippen molar-refractivity contribution in [2.75, 3.05) is 26.2 Å². The van der Waals surface area contributed by atoms with Crippen LogP contribution in [0.4, 0.5) is 0 Å². The smallest absolute Gasteiger partial charge is 0.290 e. The number of ketones is 1. The van der Waals surface area contributed by atoms with Crippen molar-refractivity contribution in [1.82, 2.24) is 9.80 Å². The van der Waals surface area contributed by atoms with Gasteiger partial charge in [0.05, 0.1) is 11.6 Å². The molecule has 1 atom stereocenters. The fourth-order valence-corrected chi connectivity index (χ4v) is 4.04. The summed E-state index contributed by atoms with van der Waals surface area (Å²) in [5.41, 5.74) is 0.889. The minimum absolute atomic E-state index is 0.0898. The standard InChI is InChI=1S/C22H24N2O4/c1-15-9-10-17(28-15)20(25)18-19(16-7-3-2-4-8-16)24(22(27)21(18)26)14-13-23-11-5-6-12-23/h2-4,7-10,19,26H,5-6,11-14H2,1H3. The first-order chi connectivity index (χ1) is 13.6. The van der Waals surface area contributed by atoms with Crippen molar-refractivity contribution in [3.63, 3.8) is 0 Å². The predicted octanol–water partition coefficient (Wildman–Crippen LogP) is 3.26. The van der Waals surface area contributed by atoms with Crippen molar-refractivity contribution in [1.29, 1.82) is 0 Å². The van der Waals surface area contributed by atoms with Crippen LogP contribution in [0.15, 0.2) is 58.2 Å². The van der Waals surface area contributed by atoms with E-state index in [9.17, 15) is 14.7 Å². The molecule has 6 nitrogen and oxygen atoms in total. The fraction of sp³-hybridized carbons (Fsp3) is 0.364. The van der Waals surface area contributed by atoms with Gasteiger partial charge in [-0.05, 0) is 50.6 Å². The maximum Gasteiger partial charge on any atom is 0.290 e. The van der Waals surface area contributed by atoms with Crippen LogP contribution in [0.5, 0.6) is 0 Å². The van der Waals surface area contributed by atoms with E-state index in [1.165, 1.54) is 12.8 Å². The average Bonchev–Trinajstić information content (AvgIpc) is 3.42. The minimum atomic E-state index is -0.616. The topological polar surface area (TPSA) is 74.0 Å². The Labute approximate surface area is 164 Å². The van der Waals surface area contributed by atoms with Gasteiger partial charge < -0.3 is 19.3 Å². The molecule has 4 rings (SSSR count). The molecule has 146 valence electrons. The predicted molar refractivity (Wildman–Crippen MR) is 104 cm³/mol. The summed E-state index contributed by atoms with van der Waals surface area (Å²) < 4.78 is 5.47. The van der Waals surface area contributed by atoms with Crippen LogP contribution in [-0.4, -0.2) is 52.8 Å². The molecule has 2 aliphatic heterocycles. The molecule has 0 saturated carbocycles. The summed E-state index contributed by atoms with van der Waals surface area (Å²) in [4.78, 5) is 29.9. The first kappa shape index (κ1) is 18.5. The van der Waals surface area contributed by atoms with Gasteiger partial charge in [0.25, 0.3) is 5.91 Å². The van der Waals surface area contributed by atoms with Gasteiger partial charge in [0.15, 0.2) is 11.5 Å². The van der Waals surface area contributed by atoms with Crippen LogP contribution in [0.2, 0.25) is 0 Å². The molecule has 3 heterocycles. The van der Waals surface area contributed by atoms with Gasteiger partial charge in [0.2, 0.25) is 5.78 Å². The largest absolute Gasteiger partial charge is 0.503 e. The number of benzene rings is 1. The Morgan fingerprint density at radius 1 is 1.11 bits per heavy atom. The summed E-state index contributed by atoms with van der Waals surface area (Å²) in [5.74, 6) is -0.686. The zero-order chi connectivity index (χ0) is 19.7. The van der Waals surface area contributed by atoms with Crippen LogP contribution in [-0.2, 0) is 4.79 Å². The number of hydrogen-bond donors (Lipinski definition) is 1. The molecule has 0 spiro atoms. The van der Waals surface area contributed by atoms with E-state index < -0.39 is 23.5 Å². The number of amides is 1. The zero-order valence-electron chi connectivity index (χ0n) is 15.9. The number of Topliss-reactive ketones (excluding diaryl/α,β-unsaturated/α-hetero) is 1. The highest BCUT2D eigenvalue weighted by Crippen LogP contribution is 2.39. The van der Waals surface area contributed by atoms with Gasteiger partial charge >= 0.3 is 0 Å². The number of aliphatic hydroxyl groups is 1. The Morgan fingerprint density at radius 3 is 2.46 bits per heavy atom. The second-order valence-corrected chi connectivity index (χ2v) is 7.36. The second kappa shape index (κ2) is 7.64. The number of rotatable bonds is 6. The third kappa shape index (κ3) is 3.36. The van der Waals surface area contributed by atoms with E-state index in [1.807, 2.05) is 30.3 Å². The number of likely N-dealkylation sites (tertiary alicyclic amines) is 1. The third-order valence-electron chi connectivity index (χ3n) is 5.48. The van der Waals surface area contributed by atoms with E-state index in [2.05, 4.69) is 4.90 Å². The minimum Gasteiger partial charge on any atom is -0.503 e.